The third-order valence-electron chi connectivity index (χ3n) is 1.93. The van der Waals surface area contributed by atoms with E-state index in [9.17, 15) is 0 Å². The summed E-state index contributed by atoms with van der Waals surface area (Å²) in [5, 5.41) is 3.29. The van der Waals surface area contributed by atoms with Gasteiger partial charge in [0.15, 0.2) is 0 Å². The molecule has 1 aliphatic rings. The normalized spacial score (nSPS) is 14.7. The molecule has 2 nitrogen and oxygen atoms in total. The second-order valence-corrected chi connectivity index (χ2v) is 4.67. The lowest BCUT2D eigenvalue weighted by Crippen LogP contribution is -2.16. The molecule has 0 unspecified atom stereocenters. The molecule has 78 valence electrons. The molecule has 0 aliphatic carbocycles. The first-order chi connectivity index (χ1) is 6.27. The van der Waals surface area contributed by atoms with Crippen LogP contribution in [0.3, 0.4) is 0 Å². The highest BCUT2D eigenvalue weighted by atomic mass is 79.9. The summed E-state index contributed by atoms with van der Waals surface area (Å²) in [5.41, 5.74) is 1.19. The Hall–Kier alpha value is 0.230. The lowest BCUT2D eigenvalue weighted by Gasteiger charge is -2.08. The zero-order valence-electron chi connectivity index (χ0n) is 7.35. The second kappa shape index (κ2) is 5.35. The van der Waals surface area contributed by atoms with E-state index in [1.165, 1.54) is 5.56 Å². The predicted octanol–water partition coefficient (Wildman–Crippen LogP) is 3.12. The number of hydrogen-bond donors (Lipinski definition) is 1. The first-order valence-electron chi connectivity index (χ1n) is 4.09. The molecule has 0 saturated carbocycles. The van der Waals surface area contributed by atoms with Gasteiger partial charge in [-0.2, -0.15) is 0 Å². The average molecular weight is 343 g/mol. The third-order valence-corrected chi connectivity index (χ3v) is 2.97. The average Bonchev–Trinajstić information content (AvgIpc) is 2.28. The fraction of sp³-hybridized carbons (Fsp3) is 0.333. The third kappa shape index (κ3) is 2.63. The van der Waals surface area contributed by atoms with Crippen LogP contribution in [-0.4, -0.2) is 13.2 Å². The van der Waals surface area contributed by atoms with Crippen molar-refractivity contribution in [3.8, 4) is 5.75 Å². The largest absolute Gasteiger partial charge is 0.491 e. The lowest BCUT2D eigenvalue weighted by atomic mass is 10.2. The molecule has 0 bridgehead atoms. The van der Waals surface area contributed by atoms with E-state index in [1.807, 2.05) is 6.07 Å². The molecule has 0 fully saturated rings. The van der Waals surface area contributed by atoms with Crippen LogP contribution < -0.4 is 10.1 Å². The van der Waals surface area contributed by atoms with Gasteiger partial charge in [0.2, 0.25) is 0 Å². The van der Waals surface area contributed by atoms with Crippen LogP contribution in [-0.2, 0) is 6.54 Å². The first-order valence-corrected chi connectivity index (χ1v) is 5.67. The Morgan fingerprint density at radius 1 is 1.29 bits per heavy atom. The summed E-state index contributed by atoms with van der Waals surface area (Å²) in [6.07, 6.45) is 0. The Kier molecular flexibility index (Phi) is 4.70. The molecular weight excluding hydrogens is 333 g/mol. The van der Waals surface area contributed by atoms with Crippen molar-refractivity contribution in [2.24, 2.45) is 0 Å². The van der Waals surface area contributed by atoms with E-state index >= 15 is 0 Å². The summed E-state index contributed by atoms with van der Waals surface area (Å²) in [6.45, 7) is 2.50. The van der Waals surface area contributed by atoms with Gasteiger partial charge in [0.05, 0.1) is 4.47 Å². The molecule has 1 aliphatic heterocycles. The van der Waals surface area contributed by atoms with Crippen molar-refractivity contribution in [2.75, 3.05) is 13.2 Å². The van der Waals surface area contributed by atoms with Gasteiger partial charge in [-0.3, -0.25) is 0 Å². The molecule has 0 spiro atoms. The van der Waals surface area contributed by atoms with Crippen LogP contribution in [0.25, 0.3) is 0 Å². The number of rotatable bonds is 0. The van der Waals surface area contributed by atoms with Crippen molar-refractivity contribution in [2.45, 2.75) is 6.54 Å². The minimum atomic E-state index is 0. The Morgan fingerprint density at radius 2 is 2.07 bits per heavy atom. The minimum absolute atomic E-state index is 0. The summed E-state index contributed by atoms with van der Waals surface area (Å²) < 4.78 is 7.69. The SMILES string of the molecule is Brc1cc(Br)c2c(c1)CNCCO2.Cl. The van der Waals surface area contributed by atoms with Gasteiger partial charge in [-0.1, -0.05) is 15.9 Å². The Morgan fingerprint density at radius 3 is 2.86 bits per heavy atom. The minimum Gasteiger partial charge on any atom is -0.491 e. The van der Waals surface area contributed by atoms with Gasteiger partial charge in [0.1, 0.15) is 12.4 Å². The van der Waals surface area contributed by atoms with E-state index < -0.39 is 0 Å². The van der Waals surface area contributed by atoms with E-state index in [0.717, 1.165) is 34.4 Å². The fourth-order valence-electron chi connectivity index (χ4n) is 1.35. The van der Waals surface area contributed by atoms with Gasteiger partial charge in [-0.15, -0.1) is 12.4 Å². The molecule has 0 radical (unpaired) electrons. The number of hydrogen-bond acceptors (Lipinski definition) is 2. The molecule has 1 heterocycles. The molecule has 1 aromatic rings. The summed E-state index contributed by atoms with van der Waals surface area (Å²) in [7, 11) is 0. The van der Waals surface area contributed by atoms with Crippen molar-refractivity contribution >= 4 is 44.3 Å². The molecule has 5 heteroatoms. The molecule has 1 N–H and O–H groups in total. The zero-order chi connectivity index (χ0) is 9.26. The fourth-order valence-corrected chi connectivity index (χ4v) is 2.78. The Balaban J connectivity index is 0.000000980. The maximum Gasteiger partial charge on any atom is 0.138 e. The highest BCUT2D eigenvalue weighted by molar-refractivity contribution is 9.11. The van der Waals surface area contributed by atoms with E-state index in [2.05, 4.69) is 43.2 Å². The molecule has 0 atom stereocenters. The van der Waals surface area contributed by atoms with Crippen molar-refractivity contribution in [1.29, 1.82) is 0 Å². The summed E-state index contributed by atoms with van der Waals surface area (Å²) >= 11 is 6.94. The van der Waals surface area contributed by atoms with Gasteiger partial charge < -0.3 is 10.1 Å². The Bertz CT molecular complexity index is 333. The number of fused-ring (bicyclic) bond motifs is 1. The second-order valence-electron chi connectivity index (χ2n) is 2.90. The maximum atomic E-state index is 5.60. The van der Waals surface area contributed by atoms with Crippen molar-refractivity contribution in [3.05, 3.63) is 26.6 Å². The standard InChI is InChI=1S/C9H9Br2NO.ClH/c10-7-3-6-5-12-1-2-13-9(6)8(11)4-7;/h3-4,12H,1-2,5H2;1H. The van der Waals surface area contributed by atoms with E-state index in [1.54, 1.807) is 0 Å². The van der Waals surface area contributed by atoms with Crippen LogP contribution in [0.2, 0.25) is 0 Å². The number of halogens is 3. The molecule has 14 heavy (non-hydrogen) atoms. The highest BCUT2D eigenvalue weighted by Crippen LogP contribution is 2.33. The van der Waals surface area contributed by atoms with Crippen molar-refractivity contribution in [3.63, 3.8) is 0 Å². The van der Waals surface area contributed by atoms with Crippen LogP contribution in [0, 0.1) is 0 Å². The molecule has 0 amide bonds. The van der Waals surface area contributed by atoms with Gasteiger partial charge in [0.25, 0.3) is 0 Å². The van der Waals surface area contributed by atoms with Crippen LogP contribution in [0.15, 0.2) is 21.1 Å². The Labute approximate surface area is 106 Å². The number of ether oxygens (including phenoxy) is 1. The monoisotopic (exact) mass is 341 g/mol. The molecule has 0 aromatic heterocycles. The van der Waals surface area contributed by atoms with E-state index in [0.29, 0.717) is 0 Å². The summed E-state index contributed by atoms with van der Waals surface area (Å²) in [6, 6.07) is 4.09. The number of benzene rings is 1. The van der Waals surface area contributed by atoms with Crippen molar-refractivity contribution in [1.82, 2.24) is 5.32 Å². The topological polar surface area (TPSA) is 21.3 Å². The molecule has 1 aromatic carbocycles. The van der Waals surface area contributed by atoms with E-state index in [-0.39, 0.29) is 12.4 Å². The van der Waals surface area contributed by atoms with Crippen LogP contribution in [0.4, 0.5) is 0 Å². The molecular formula is C9H10Br2ClNO. The highest BCUT2D eigenvalue weighted by Gasteiger charge is 2.12. The summed E-state index contributed by atoms with van der Waals surface area (Å²) in [5.74, 6) is 0.966. The van der Waals surface area contributed by atoms with Gasteiger partial charge >= 0.3 is 0 Å². The zero-order valence-corrected chi connectivity index (χ0v) is 11.3. The summed E-state index contributed by atoms with van der Waals surface area (Å²) in [4.78, 5) is 0. The van der Waals surface area contributed by atoms with Gasteiger partial charge in [-0.05, 0) is 28.1 Å². The smallest absolute Gasteiger partial charge is 0.138 e. The first kappa shape index (κ1) is 12.3. The number of nitrogens with one attached hydrogen (secondary N) is 1. The molecule has 0 saturated heterocycles. The van der Waals surface area contributed by atoms with E-state index in [4.69, 9.17) is 4.74 Å². The van der Waals surface area contributed by atoms with Crippen LogP contribution >= 0.6 is 44.3 Å². The maximum absolute atomic E-state index is 5.60. The predicted molar refractivity (Wildman–Crippen MR) is 66.3 cm³/mol. The quantitative estimate of drug-likeness (QED) is 0.781. The van der Waals surface area contributed by atoms with Crippen LogP contribution in [0.1, 0.15) is 5.56 Å². The molecule has 2 rings (SSSR count). The lowest BCUT2D eigenvalue weighted by molar-refractivity contribution is 0.324. The van der Waals surface area contributed by atoms with Crippen molar-refractivity contribution < 1.29 is 4.74 Å². The van der Waals surface area contributed by atoms with Gasteiger partial charge in [-0.25, -0.2) is 0 Å². The van der Waals surface area contributed by atoms with Gasteiger partial charge in [0, 0.05) is 23.1 Å². The van der Waals surface area contributed by atoms with Crippen LogP contribution in [0.5, 0.6) is 5.75 Å².